The van der Waals surface area contributed by atoms with Crippen LogP contribution in [0.1, 0.15) is 25.0 Å². The monoisotopic (exact) mass is 466 g/mol. The average molecular weight is 466 g/mol. The Labute approximate surface area is 136 Å². The number of phenols is 1. The number of hydrogen-bond donors (Lipinski definition) is 1. The van der Waals surface area contributed by atoms with Gasteiger partial charge in [0.1, 0.15) is 5.75 Å². The first kappa shape index (κ1) is 15.8. The Bertz CT molecular complexity index is 472. The molecule has 0 aliphatic rings. The van der Waals surface area contributed by atoms with Gasteiger partial charge in [-0.15, -0.1) is 0 Å². The topological polar surface area (TPSA) is 20.2 Å². The minimum Gasteiger partial charge on any atom is -0.506 e. The van der Waals surface area contributed by atoms with E-state index in [2.05, 4.69) is 57.3 Å². The molecule has 0 fully saturated rings. The fraction of sp³-hybridized carbons (Fsp3) is 0.200. The Morgan fingerprint density at radius 3 is 1.89 bits per heavy atom. The zero-order chi connectivity index (χ0) is 13.5. The van der Waals surface area contributed by atoms with Crippen LogP contribution in [0.25, 0.3) is 0 Å². The molecule has 1 N–H and O–H groups in total. The molecule has 0 saturated carbocycles. The summed E-state index contributed by atoms with van der Waals surface area (Å²) in [7, 11) is 0. The van der Waals surface area contributed by atoms with Gasteiger partial charge in [0.15, 0.2) is 0 Å². The van der Waals surface area contributed by atoms with Crippen LogP contribution in [0.3, 0.4) is 0 Å². The highest BCUT2D eigenvalue weighted by Gasteiger charge is 2.05. The van der Waals surface area contributed by atoms with E-state index in [1.54, 1.807) is 0 Å². The van der Waals surface area contributed by atoms with E-state index in [1.807, 2.05) is 44.2 Å². The van der Waals surface area contributed by atoms with Gasteiger partial charge in [-0.3, -0.25) is 0 Å². The van der Waals surface area contributed by atoms with Gasteiger partial charge in [0, 0.05) is 0 Å². The number of halogens is 2. The third-order valence-corrected chi connectivity index (χ3v) is 3.97. The molecule has 0 unspecified atom stereocenters. The van der Waals surface area contributed by atoms with Crippen LogP contribution in [0.4, 0.5) is 0 Å². The summed E-state index contributed by atoms with van der Waals surface area (Å²) in [5.41, 5.74) is 2.53. The van der Waals surface area contributed by atoms with Crippen molar-refractivity contribution in [3.63, 3.8) is 0 Å². The number of hydrogen-bond acceptors (Lipinski definition) is 1. The van der Waals surface area contributed by atoms with E-state index < -0.39 is 0 Å². The first-order valence-corrected chi connectivity index (χ1v) is 8.03. The van der Waals surface area contributed by atoms with Crippen molar-refractivity contribution >= 4 is 45.2 Å². The molecule has 0 heterocycles. The average Bonchev–Trinajstić information content (AvgIpc) is 2.39. The van der Waals surface area contributed by atoms with Crippen molar-refractivity contribution in [1.29, 1.82) is 0 Å². The summed E-state index contributed by atoms with van der Waals surface area (Å²) in [5, 5.41) is 9.68. The van der Waals surface area contributed by atoms with Gasteiger partial charge in [0.05, 0.1) is 7.14 Å². The minimum atomic E-state index is 0.387. The van der Waals surface area contributed by atoms with Gasteiger partial charge in [-0.25, -0.2) is 0 Å². The van der Waals surface area contributed by atoms with Crippen LogP contribution in [0.5, 0.6) is 5.75 Å². The molecule has 0 radical (unpaired) electrons. The summed E-state index contributed by atoms with van der Waals surface area (Å²) >= 11 is 4.33. The molecule has 18 heavy (non-hydrogen) atoms. The van der Waals surface area contributed by atoms with Crippen molar-refractivity contribution in [3.8, 4) is 5.75 Å². The van der Waals surface area contributed by atoms with Crippen LogP contribution in [-0.4, -0.2) is 5.11 Å². The van der Waals surface area contributed by atoms with Crippen molar-refractivity contribution in [2.24, 2.45) is 0 Å². The highest BCUT2D eigenvalue weighted by Crippen LogP contribution is 2.28. The number of phenolic OH excluding ortho intramolecular Hbond substituents is 1. The normalized spacial score (nSPS) is 9.56. The molecule has 2 aromatic carbocycles. The van der Waals surface area contributed by atoms with Gasteiger partial charge in [-0.1, -0.05) is 44.2 Å². The quantitative estimate of drug-likeness (QED) is 0.603. The van der Waals surface area contributed by atoms with Crippen molar-refractivity contribution < 1.29 is 5.11 Å². The highest BCUT2D eigenvalue weighted by atomic mass is 127. The van der Waals surface area contributed by atoms with Crippen molar-refractivity contribution in [3.05, 3.63) is 60.7 Å². The predicted octanol–water partition coefficient (Wildman–Crippen LogP) is 5.22. The third-order valence-electron chi connectivity index (χ3n) is 2.33. The van der Waals surface area contributed by atoms with Crippen LogP contribution >= 0.6 is 45.2 Å². The molecular formula is C15H16I2O. The fourth-order valence-corrected chi connectivity index (χ4v) is 3.45. The Hall–Kier alpha value is -0.300. The number of benzene rings is 2. The highest BCUT2D eigenvalue weighted by molar-refractivity contribution is 14.1. The zero-order valence-electron chi connectivity index (χ0n) is 10.5. The molecule has 3 heteroatoms. The fourth-order valence-electron chi connectivity index (χ4n) is 1.55. The van der Waals surface area contributed by atoms with E-state index in [1.165, 1.54) is 11.1 Å². The van der Waals surface area contributed by atoms with Crippen molar-refractivity contribution in [2.75, 3.05) is 0 Å². The van der Waals surface area contributed by atoms with E-state index in [0.717, 1.165) is 13.6 Å². The van der Waals surface area contributed by atoms with E-state index in [4.69, 9.17) is 0 Å². The lowest BCUT2D eigenvalue weighted by Crippen LogP contribution is -1.90. The SMILES string of the molecule is CC.Oc1c(I)cc(Cc2ccccc2)cc1I. The molecular weight excluding hydrogens is 450 g/mol. The van der Waals surface area contributed by atoms with Gasteiger partial charge >= 0.3 is 0 Å². The van der Waals surface area contributed by atoms with Gasteiger partial charge in [-0.05, 0) is 74.9 Å². The maximum atomic E-state index is 9.68. The summed E-state index contributed by atoms with van der Waals surface area (Å²) in [6, 6.07) is 14.4. The third kappa shape index (κ3) is 4.42. The molecule has 0 aromatic heterocycles. The molecule has 0 aliphatic carbocycles. The van der Waals surface area contributed by atoms with Gasteiger partial charge < -0.3 is 5.11 Å². The van der Waals surface area contributed by atoms with Crippen molar-refractivity contribution in [1.82, 2.24) is 0 Å². The molecule has 0 bridgehead atoms. The number of aromatic hydroxyl groups is 1. The van der Waals surface area contributed by atoms with Crippen LogP contribution < -0.4 is 0 Å². The Kier molecular flexibility index (Phi) is 6.99. The Balaban J connectivity index is 0.000000771. The maximum absolute atomic E-state index is 9.68. The standard InChI is InChI=1S/C13H10I2O.C2H6/c14-11-7-10(8-12(15)13(11)16)6-9-4-2-1-3-5-9;1-2/h1-5,7-8,16H,6H2;1-2H3. The molecule has 0 atom stereocenters. The van der Waals surface area contributed by atoms with E-state index >= 15 is 0 Å². The molecule has 96 valence electrons. The van der Waals surface area contributed by atoms with E-state index in [9.17, 15) is 5.11 Å². The minimum absolute atomic E-state index is 0.387. The lowest BCUT2D eigenvalue weighted by atomic mass is 10.1. The lowest BCUT2D eigenvalue weighted by Gasteiger charge is -2.06. The van der Waals surface area contributed by atoms with E-state index in [0.29, 0.717) is 5.75 Å². The summed E-state index contributed by atoms with van der Waals surface area (Å²) < 4.78 is 1.82. The molecule has 1 nitrogen and oxygen atoms in total. The van der Waals surface area contributed by atoms with E-state index in [-0.39, 0.29) is 0 Å². The van der Waals surface area contributed by atoms with Gasteiger partial charge in [0.2, 0.25) is 0 Å². The molecule has 0 amide bonds. The van der Waals surface area contributed by atoms with Gasteiger partial charge in [0.25, 0.3) is 0 Å². The largest absolute Gasteiger partial charge is 0.506 e. The van der Waals surface area contributed by atoms with Crippen LogP contribution in [0.15, 0.2) is 42.5 Å². The second-order valence-electron chi connectivity index (χ2n) is 3.57. The number of rotatable bonds is 2. The Morgan fingerprint density at radius 2 is 1.39 bits per heavy atom. The van der Waals surface area contributed by atoms with Crippen molar-refractivity contribution in [2.45, 2.75) is 20.3 Å². The molecule has 2 aromatic rings. The molecule has 2 rings (SSSR count). The summed E-state index contributed by atoms with van der Waals surface area (Å²) in [5.74, 6) is 0.387. The van der Waals surface area contributed by atoms with Crippen LogP contribution in [-0.2, 0) is 6.42 Å². The molecule has 0 aliphatic heterocycles. The first-order chi connectivity index (χ1) is 8.66. The predicted molar refractivity (Wildman–Crippen MR) is 94.1 cm³/mol. The zero-order valence-corrected chi connectivity index (χ0v) is 14.8. The second-order valence-corrected chi connectivity index (χ2v) is 5.89. The summed E-state index contributed by atoms with van der Waals surface area (Å²) in [6.45, 7) is 4.00. The molecule has 0 spiro atoms. The lowest BCUT2D eigenvalue weighted by molar-refractivity contribution is 0.467. The van der Waals surface area contributed by atoms with Gasteiger partial charge in [-0.2, -0.15) is 0 Å². The summed E-state index contributed by atoms with van der Waals surface area (Å²) in [6.07, 6.45) is 0.910. The van der Waals surface area contributed by atoms with Crippen LogP contribution in [0.2, 0.25) is 0 Å². The molecule has 0 saturated heterocycles. The first-order valence-electron chi connectivity index (χ1n) is 5.87. The smallest absolute Gasteiger partial charge is 0.142 e. The van der Waals surface area contributed by atoms with Crippen LogP contribution in [0, 0.1) is 7.14 Å². The maximum Gasteiger partial charge on any atom is 0.142 e. The second kappa shape index (κ2) is 7.99. The Morgan fingerprint density at radius 1 is 0.889 bits per heavy atom. The summed E-state index contributed by atoms with van der Waals surface area (Å²) in [4.78, 5) is 0.